The largest absolute Gasteiger partial charge is 0.401 e. The van der Waals surface area contributed by atoms with Crippen LogP contribution in [0.15, 0.2) is 24.3 Å². The summed E-state index contributed by atoms with van der Waals surface area (Å²) in [7, 11) is 1.23. The lowest BCUT2D eigenvalue weighted by Crippen LogP contribution is -2.36. The lowest BCUT2D eigenvalue weighted by molar-refractivity contribution is -0.145. The fourth-order valence-corrected chi connectivity index (χ4v) is 1.66. The molecule has 1 rings (SSSR count). The summed E-state index contributed by atoms with van der Waals surface area (Å²) in [6, 6.07) is 6.40. The van der Waals surface area contributed by atoms with Gasteiger partial charge < -0.3 is 11.1 Å². The van der Waals surface area contributed by atoms with Crippen LogP contribution >= 0.6 is 12.2 Å². The van der Waals surface area contributed by atoms with Gasteiger partial charge >= 0.3 is 6.18 Å². The Hall–Kier alpha value is -1.67. The van der Waals surface area contributed by atoms with Crippen molar-refractivity contribution in [1.29, 1.82) is 0 Å². The second kappa shape index (κ2) is 6.67. The highest BCUT2D eigenvalue weighted by Gasteiger charge is 2.29. The zero-order valence-electron chi connectivity index (χ0n) is 10.7. The number of halogens is 3. The number of carbonyl (C=O) groups is 1. The molecule has 3 N–H and O–H groups in total. The van der Waals surface area contributed by atoms with Gasteiger partial charge in [0.1, 0.15) is 4.99 Å². The average molecular weight is 305 g/mol. The summed E-state index contributed by atoms with van der Waals surface area (Å²) in [4.78, 5) is 12.7. The van der Waals surface area contributed by atoms with Crippen LogP contribution in [0.25, 0.3) is 0 Å². The molecule has 4 nitrogen and oxygen atoms in total. The van der Waals surface area contributed by atoms with E-state index in [-0.39, 0.29) is 11.5 Å². The summed E-state index contributed by atoms with van der Waals surface area (Å²) in [5.41, 5.74) is 6.53. The van der Waals surface area contributed by atoms with Gasteiger partial charge in [0.25, 0.3) is 0 Å². The molecule has 8 heteroatoms. The van der Waals surface area contributed by atoms with Gasteiger partial charge in [-0.3, -0.25) is 9.69 Å². The van der Waals surface area contributed by atoms with E-state index in [1.54, 1.807) is 24.3 Å². The highest BCUT2D eigenvalue weighted by Crippen LogP contribution is 2.15. The number of hydrogen-bond donors (Lipinski definition) is 2. The molecule has 20 heavy (non-hydrogen) atoms. The van der Waals surface area contributed by atoms with E-state index in [1.807, 2.05) is 0 Å². The summed E-state index contributed by atoms with van der Waals surface area (Å²) in [5, 5.41) is 2.49. The second-order valence-electron chi connectivity index (χ2n) is 4.28. The molecule has 0 heterocycles. The highest BCUT2D eigenvalue weighted by molar-refractivity contribution is 7.80. The van der Waals surface area contributed by atoms with E-state index in [9.17, 15) is 18.0 Å². The lowest BCUT2D eigenvalue weighted by Gasteiger charge is -2.17. The molecule has 1 amide bonds. The molecule has 0 spiro atoms. The maximum atomic E-state index is 12.1. The van der Waals surface area contributed by atoms with Gasteiger partial charge in [-0.25, -0.2) is 0 Å². The fourth-order valence-electron chi connectivity index (χ4n) is 1.53. The predicted molar refractivity (Wildman–Crippen MR) is 74.5 cm³/mol. The molecule has 0 fully saturated rings. The maximum absolute atomic E-state index is 12.1. The number of nitrogens with zero attached hydrogens (tertiary/aromatic N) is 1. The highest BCUT2D eigenvalue weighted by atomic mass is 32.1. The normalized spacial score (nSPS) is 11.4. The zero-order chi connectivity index (χ0) is 15.3. The summed E-state index contributed by atoms with van der Waals surface area (Å²) in [6.45, 7) is -1.49. The van der Waals surface area contributed by atoms with Crippen molar-refractivity contribution < 1.29 is 18.0 Å². The van der Waals surface area contributed by atoms with E-state index in [2.05, 4.69) is 5.32 Å². The molecule has 0 unspecified atom stereocenters. The SMILES string of the molecule is CN(CC(=O)Nc1ccc(C(N)=S)cc1)CC(F)(F)F. The number of hydrogen-bond acceptors (Lipinski definition) is 3. The summed E-state index contributed by atoms with van der Waals surface area (Å²) >= 11 is 4.78. The molecule has 0 aliphatic heterocycles. The van der Waals surface area contributed by atoms with Crippen molar-refractivity contribution in [2.24, 2.45) is 5.73 Å². The van der Waals surface area contributed by atoms with Crippen LogP contribution in [0.2, 0.25) is 0 Å². The molecule has 1 aromatic carbocycles. The Kier molecular flexibility index (Phi) is 5.46. The van der Waals surface area contributed by atoms with Gasteiger partial charge in [-0.1, -0.05) is 12.2 Å². The summed E-state index contributed by atoms with van der Waals surface area (Å²) in [5.74, 6) is -0.528. The molecule has 0 aromatic heterocycles. The topological polar surface area (TPSA) is 58.4 Å². The Morgan fingerprint density at radius 2 is 1.90 bits per heavy atom. The molecule has 110 valence electrons. The van der Waals surface area contributed by atoms with Crippen LogP contribution in [-0.2, 0) is 4.79 Å². The molecule has 0 saturated heterocycles. The molecule has 0 radical (unpaired) electrons. The number of anilines is 1. The first-order valence-corrected chi connectivity index (χ1v) is 6.03. The van der Waals surface area contributed by atoms with E-state index in [1.165, 1.54) is 7.05 Å². The van der Waals surface area contributed by atoms with Crippen LogP contribution in [-0.4, -0.2) is 42.1 Å². The molecule has 1 aromatic rings. The van der Waals surface area contributed by atoms with Crippen molar-refractivity contribution in [3.05, 3.63) is 29.8 Å². The van der Waals surface area contributed by atoms with E-state index < -0.39 is 18.6 Å². The summed E-state index contributed by atoms with van der Waals surface area (Å²) in [6.07, 6.45) is -4.33. The number of nitrogens with one attached hydrogen (secondary N) is 1. The van der Waals surface area contributed by atoms with Gasteiger partial charge in [-0.2, -0.15) is 13.2 Å². The lowest BCUT2D eigenvalue weighted by atomic mass is 10.2. The van der Waals surface area contributed by atoms with Gasteiger partial charge in [-0.05, 0) is 31.3 Å². The molecule has 0 aliphatic rings. The average Bonchev–Trinajstić information content (AvgIpc) is 2.26. The standard InChI is InChI=1S/C12H14F3N3OS/c1-18(7-12(13,14)15)6-10(19)17-9-4-2-8(3-5-9)11(16)20/h2-5H,6-7H2,1H3,(H2,16,20)(H,17,19). The number of benzene rings is 1. The maximum Gasteiger partial charge on any atom is 0.401 e. The van der Waals surface area contributed by atoms with Crippen molar-refractivity contribution in [1.82, 2.24) is 4.90 Å². The Morgan fingerprint density at radius 3 is 2.35 bits per heavy atom. The van der Waals surface area contributed by atoms with E-state index in [0.717, 1.165) is 4.90 Å². The Bertz CT molecular complexity index is 488. The quantitative estimate of drug-likeness (QED) is 0.814. The van der Waals surface area contributed by atoms with Gasteiger partial charge in [0, 0.05) is 11.3 Å². The molecule has 0 atom stereocenters. The third-order valence-corrected chi connectivity index (χ3v) is 2.55. The Labute approximate surface area is 119 Å². The van der Waals surface area contributed by atoms with Crippen molar-refractivity contribution in [2.75, 3.05) is 25.5 Å². The van der Waals surface area contributed by atoms with Gasteiger partial charge in [0.05, 0.1) is 13.1 Å². The number of thiocarbonyl (C=S) groups is 1. The van der Waals surface area contributed by atoms with Crippen LogP contribution < -0.4 is 11.1 Å². The minimum absolute atomic E-state index is 0.229. The van der Waals surface area contributed by atoms with Crippen LogP contribution in [0.1, 0.15) is 5.56 Å². The number of nitrogens with two attached hydrogens (primary N) is 1. The number of rotatable bonds is 5. The predicted octanol–water partition coefficient (Wildman–Crippen LogP) is 1.75. The van der Waals surface area contributed by atoms with Crippen LogP contribution in [0.3, 0.4) is 0 Å². The van der Waals surface area contributed by atoms with Crippen LogP contribution in [0.4, 0.5) is 18.9 Å². The number of likely N-dealkylation sites (N-methyl/N-ethyl adjacent to an activating group) is 1. The third-order valence-electron chi connectivity index (χ3n) is 2.32. The second-order valence-corrected chi connectivity index (χ2v) is 4.72. The zero-order valence-corrected chi connectivity index (χ0v) is 11.5. The van der Waals surface area contributed by atoms with E-state index >= 15 is 0 Å². The molecule has 0 aliphatic carbocycles. The monoisotopic (exact) mass is 305 g/mol. The minimum Gasteiger partial charge on any atom is -0.389 e. The van der Waals surface area contributed by atoms with E-state index in [0.29, 0.717) is 11.3 Å². The van der Waals surface area contributed by atoms with E-state index in [4.69, 9.17) is 18.0 Å². The van der Waals surface area contributed by atoms with Gasteiger partial charge in [0.15, 0.2) is 0 Å². The van der Waals surface area contributed by atoms with Crippen LogP contribution in [0, 0.1) is 0 Å². The molecule has 0 saturated carbocycles. The van der Waals surface area contributed by atoms with Crippen molar-refractivity contribution in [3.8, 4) is 0 Å². The number of carbonyl (C=O) groups excluding carboxylic acids is 1. The van der Waals surface area contributed by atoms with Crippen molar-refractivity contribution in [3.63, 3.8) is 0 Å². The fraction of sp³-hybridized carbons (Fsp3) is 0.333. The first-order valence-electron chi connectivity index (χ1n) is 5.62. The first-order chi connectivity index (χ1) is 9.17. The molecular weight excluding hydrogens is 291 g/mol. The number of alkyl halides is 3. The van der Waals surface area contributed by atoms with Gasteiger partial charge in [-0.15, -0.1) is 0 Å². The third kappa shape index (κ3) is 5.98. The van der Waals surface area contributed by atoms with Crippen molar-refractivity contribution >= 4 is 28.8 Å². The first kappa shape index (κ1) is 16.4. The van der Waals surface area contributed by atoms with Crippen molar-refractivity contribution in [2.45, 2.75) is 6.18 Å². The van der Waals surface area contributed by atoms with Gasteiger partial charge in [0.2, 0.25) is 5.91 Å². The molecular formula is C12H14F3N3OS. The number of amides is 1. The Balaban J connectivity index is 2.52. The Morgan fingerprint density at radius 1 is 1.35 bits per heavy atom. The smallest absolute Gasteiger partial charge is 0.389 e. The molecule has 0 bridgehead atoms. The summed E-state index contributed by atoms with van der Waals surface area (Å²) < 4.78 is 36.3. The minimum atomic E-state index is -4.33. The van der Waals surface area contributed by atoms with Crippen LogP contribution in [0.5, 0.6) is 0 Å².